The molecule has 0 saturated heterocycles. The predicted molar refractivity (Wildman–Crippen MR) is 76.8 cm³/mol. The van der Waals surface area contributed by atoms with Gasteiger partial charge < -0.3 is 10.2 Å². The Balaban J connectivity index is 1.80. The lowest BCUT2D eigenvalue weighted by molar-refractivity contribution is 0.134. The van der Waals surface area contributed by atoms with E-state index < -0.39 is 0 Å². The highest BCUT2D eigenvalue weighted by Crippen LogP contribution is 2.27. The van der Waals surface area contributed by atoms with Gasteiger partial charge in [0.15, 0.2) is 0 Å². The summed E-state index contributed by atoms with van der Waals surface area (Å²) in [6.45, 7) is 5.16. The van der Waals surface area contributed by atoms with E-state index in [0.29, 0.717) is 0 Å². The zero-order valence-corrected chi connectivity index (χ0v) is 12.5. The fourth-order valence-corrected chi connectivity index (χ4v) is 3.09. The molecule has 108 valence electrons. The van der Waals surface area contributed by atoms with Gasteiger partial charge in [-0.2, -0.15) is 0 Å². The lowest BCUT2D eigenvalue weighted by atomic mass is 9.85. The lowest BCUT2D eigenvalue weighted by Crippen LogP contribution is -2.40. The van der Waals surface area contributed by atoms with Crippen molar-refractivity contribution in [2.75, 3.05) is 20.6 Å². The number of hydrogen-bond acceptors (Lipinski definition) is 4. The van der Waals surface area contributed by atoms with Crippen LogP contribution in [0.2, 0.25) is 0 Å². The van der Waals surface area contributed by atoms with Crippen molar-refractivity contribution in [3.8, 4) is 0 Å². The van der Waals surface area contributed by atoms with Crippen LogP contribution in [0.3, 0.4) is 0 Å². The fraction of sp³-hybridized carbons (Fsp3) is 0.857. The van der Waals surface area contributed by atoms with Crippen LogP contribution < -0.4 is 5.32 Å². The quantitative estimate of drug-likeness (QED) is 0.847. The topological polar surface area (TPSA) is 46.0 Å². The Kier molecular flexibility index (Phi) is 5.34. The van der Waals surface area contributed by atoms with E-state index in [9.17, 15) is 0 Å². The van der Waals surface area contributed by atoms with Gasteiger partial charge in [-0.25, -0.2) is 0 Å². The second kappa shape index (κ2) is 7.01. The highest BCUT2D eigenvalue weighted by Gasteiger charge is 2.24. The number of hydrogen-bond donors (Lipinski definition) is 1. The van der Waals surface area contributed by atoms with Crippen molar-refractivity contribution in [2.45, 2.75) is 51.7 Å². The van der Waals surface area contributed by atoms with E-state index in [1.165, 1.54) is 25.7 Å². The Hall–Kier alpha value is -0.940. The monoisotopic (exact) mass is 265 g/mol. The highest BCUT2D eigenvalue weighted by molar-refractivity contribution is 4.91. The maximum absolute atomic E-state index is 4.17. The summed E-state index contributed by atoms with van der Waals surface area (Å²) in [5.74, 6) is 0.828. The van der Waals surface area contributed by atoms with E-state index in [0.717, 1.165) is 37.3 Å². The summed E-state index contributed by atoms with van der Waals surface area (Å²) in [6, 6.07) is 0.744. The van der Waals surface area contributed by atoms with E-state index in [1.54, 1.807) is 0 Å². The lowest BCUT2D eigenvalue weighted by Gasteiger charge is -2.36. The van der Waals surface area contributed by atoms with Crippen LogP contribution in [0.15, 0.2) is 6.20 Å². The molecule has 1 aromatic rings. The fourth-order valence-electron chi connectivity index (χ4n) is 3.09. The SMILES string of the molecule is CNCc1cn(CCN(C)C2CCCCC2C)nn1. The molecule has 2 unspecified atom stereocenters. The largest absolute Gasteiger partial charge is 0.314 e. The molecule has 1 aromatic heterocycles. The van der Waals surface area contributed by atoms with Gasteiger partial charge in [0.25, 0.3) is 0 Å². The minimum atomic E-state index is 0.744. The third kappa shape index (κ3) is 4.01. The molecule has 0 spiro atoms. The van der Waals surface area contributed by atoms with Gasteiger partial charge in [0.05, 0.1) is 12.2 Å². The standard InChI is InChI=1S/C14H27N5/c1-12-6-4-5-7-14(12)18(3)8-9-19-11-13(10-15-2)16-17-19/h11-12,14-15H,4-10H2,1-3H3. The third-order valence-corrected chi connectivity index (χ3v) is 4.26. The minimum Gasteiger partial charge on any atom is -0.314 e. The first-order chi connectivity index (χ1) is 9.20. The maximum atomic E-state index is 4.17. The molecule has 0 radical (unpaired) electrons. The van der Waals surface area contributed by atoms with Crippen molar-refractivity contribution in [3.63, 3.8) is 0 Å². The van der Waals surface area contributed by atoms with E-state index in [1.807, 2.05) is 17.9 Å². The van der Waals surface area contributed by atoms with Crippen LogP contribution in [-0.4, -0.2) is 46.6 Å². The Morgan fingerprint density at radius 3 is 2.95 bits per heavy atom. The first-order valence-electron chi connectivity index (χ1n) is 7.44. The van der Waals surface area contributed by atoms with Crippen LogP contribution in [0.25, 0.3) is 0 Å². The molecule has 1 heterocycles. The number of nitrogens with zero attached hydrogens (tertiary/aromatic N) is 4. The Morgan fingerprint density at radius 1 is 1.42 bits per heavy atom. The summed E-state index contributed by atoms with van der Waals surface area (Å²) in [5.41, 5.74) is 1.01. The molecule has 1 fully saturated rings. The van der Waals surface area contributed by atoms with Crippen LogP contribution in [0.5, 0.6) is 0 Å². The van der Waals surface area contributed by atoms with E-state index in [4.69, 9.17) is 0 Å². The average molecular weight is 265 g/mol. The van der Waals surface area contributed by atoms with Crippen LogP contribution in [0.1, 0.15) is 38.3 Å². The average Bonchev–Trinajstić information content (AvgIpc) is 2.85. The Bertz CT molecular complexity index is 376. The number of rotatable bonds is 6. The molecule has 5 nitrogen and oxygen atoms in total. The summed E-state index contributed by atoms with van der Waals surface area (Å²) < 4.78 is 1.96. The zero-order chi connectivity index (χ0) is 13.7. The molecular formula is C14H27N5. The van der Waals surface area contributed by atoms with Crippen molar-refractivity contribution in [3.05, 3.63) is 11.9 Å². The van der Waals surface area contributed by atoms with E-state index in [-0.39, 0.29) is 0 Å². The predicted octanol–water partition coefficient (Wildman–Crippen LogP) is 1.51. The molecule has 1 aliphatic carbocycles. The van der Waals surface area contributed by atoms with Gasteiger partial charge in [-0.1, -0.05) is 25.0 Å². The molecule has 1 N–H and O–H groups in total. The maximum Gasteiger partial charge on any atom is 0.0964 e. The summed E-state index contributed by atoms with van der Waals surface area (Å²) >= 11 is 0. The number of aromatic nitrogens is 3. The zero-order valence-electron chi connectivity index (χ0n) is 12.5. The molecule has 1 saturated carbocycles. The van der Waals surface area contributed by atoms with Crippen LogP contribution in [0.4, 0.5) is 0 Å². The molecular weight excluding hydrogens is 238 g/mol. The molecule has 1 aliphatic rings. The van der Waals surface area contributed by atoms with Crippen molar-refractivity contribution < 1.29 is 0 Å². The van der Waals surface area contributed by atoms with Gasteiger partial charge in [0.2, 0.25) is 0 Å². The van der Waals surface area contributed by atoms with Crippen LogP contribution in [-0.2, 0) is 13.1 Å². The van der Waals surface area contributed by atoms with Gasteiger partial charge in [0, 0.05) is 25.3 Å². The van der Waals surface area contributed by atoms with Gasteiger partial charge in [-0.15, -0.1) is 5.10 Å². The smallest absolute Gasteiger partial charge is 0.0964 e. The molecule has 2 atom stereocenters. The van der Waals surface area contributed by atoms with Gasteiger partial charge in [0.1, 0.15) is 0 Å². The van der Waals surface area contributed by atoms with Crippen LogP contribution >= 0.6 is 0 Å². The molecule has 0 aromatic carbocycles. The Morgan fingerprint density at radius 2 is 2.21 bits per heavy atom. The number of nitrogens with one attached hydrogen (secondary N) is 1. The minimum absolute atomic E-state index is 0.744. The number of likely N-dealkylation sites (N-methyl/N-ethyl adjacent to an activating group) is 1. The second-order valence-corrected chi connectivity index (χ2v) is 5.81. The van der Waals surface area contributed by atoms with Crippen molar-refractivity contribution in [1.29, 1.82) is 0 Å². The third-order valence-electron chi connectivity index (χ3n) is 4.26. The van der Waals surface area contributed by atoms with Crippen molar-refractivity contribution >= 4 is 0 Å². The summed E-state index contributed by atoms with van der Waals surface area (Å²) in [6.07, 6.45) is 7.55. The molecule has 0 bridgehead atoms. The molecule has 19 heavy (non-hydrogen) atoms. The molecule has 0 amide bonds. The van der Waals surface area contributed by atoms with Crippen molar-refractivity contribution in [1.82, 2.24) is 25.2 Å². The summed E-state index contributed by atoms with van der Waals surface area (Å²) in [5, 5.41) is 11.4. The molecule has 2 rings (SSSR count). The summed E-state index contributed by atoms with van der Waals surface area (Å²) in [4.78, 5) is 2.50. The van der Waals surface area contributed by atoms with Gasteiger partial charge >= 0.3 is 0 Å². The normalized spacial score (nSPS) is 24.0. The molecule has 0 aliphatic heterocycles. The highest BCUT2D eigenvalue weighted by atomic mass is 15.4. The van der Waals surface area contributed by atoms with Gasteiger partial charge in [-0.3, -0.25) is 4.68 Å². The first-order valence-corrected chi connectivity index (χ1v) is 7.44. The first kappa shape index (κ1) is 14.5. The van der Waals surface area contributed by atoms with E-state index in [2.05, 4.69) is 34.5 Å². The van der Waals surface area contributed by atoms with Gasteiger partial charge in [-0.05, 0) is 32.9 Å². The van der Waals surface area contributed by atoms with E-state index >= 15 is 0 Å². The Labute approximate surface area is 116 Å². The summed E-state index contributed by atoms with van der Waals surface area (Å²) in [7, 11) is 4.18. The molecule has 5 heteroatoms. The second-order valence-electron chi connectivity index (χ2n) is 5.81. The van der Waals surface area contributed by atoms with Crippen molar-refractivity contribution in [2.24, 2.45) is 5.92 Å². The van der Waals surface area contributed by atoms with Crippen LogP contribution in [0, 0.1) is 5.92 Å².